The van der Waals surface area contributed by atoms with Crippen molar-refractivity contribution in [3.05, 3.63) is 0 Å². The zero-order valence-electron chi connectivity index (χ0n) is 3.30. The van der Waals surface area contributed by atoms with E-state index in [1.165, 1.54) is 0 Å². The molecule has 0 aliphatic carbocycles. The van der Waals surface area contributed by atoms with Gasteiger partial charge in [0.15, 0.2) is 5.11 Å². The van der Waals surface area contributed by atoms with Crippen molar-refractivity contribution >= 4 is 17.3 Å². The lowest BCUT2D eigenvalue weighted by Gasteiger charge is -1.68. The van der Waals surface area contributed by atoms with Crippen LogP contribution in [0.3, 0.4) is 0 Å². The second kappa shape index (κ2) is 9.31. The summed E-state index contributed by atoms with van der Waals surface area (Å²) in [5.41, 5.74) is 9.24. The predicted molar refractivity (Wildman–Crippen MR) is 23.2 cm³/mol. The predicted octanol–water partition coefficient (Wildman–Crippen LogP) is -2.56. The lowest BCUT2D eigenvalue weighted by molar-refractivity contribution is -1.27. The number of hydrogen-bond donors (Lipinski definition) is 3. The van der Waals surface area contributed by atoms with Crippen molar-refractivity contribution in [2.45, 2.75) is 0 Å². The molecular weight excluding hydrogens is 140 g/mol. The summed E-state index contributed by atoms with van der Waals surface area (Å²) in [6.45, 7) is 0. The van der Waals surface area contributed by atoms with Crippen molar-refractivity contribution in [1.29, 1.82) is 0 Å². The van der Waals surface area contributed by atoms with E-state index in [0.29, 0.717) is 0 Å². The van der Waals surface area contributed by atoms with Gasteiger partial charge in [0.25, 0.3) is 0 Å². The molecule has 44 valence electrons. The van der Waals surface area contributed by atoms with E-state index in [-0.39, 0.29) is 16.4 Å². The summed E-state index contributed by atoms with van der Waals surface area (Å²) in [5, 5.41) is 0.000000000000000222. The van der Waals surface area contributed by atoms with Crippen LogP contribution in [0.4, 0.5) is 0 Å². The molecule has 0 aliphatic rings. The highest BCUT2D eigenvalue weighted by atomic mass is 35.6. The van der Waals surface area contributed by atoms with Gasteiger partial charge in [0.2, 0.25) is 0 Å². The number of thiocarbonyl (C=S) groups is 1. The van der Waals surface area contributed by atoms with Crippen molar-refractivity contribution < 1.29 is 20.6 Å². The van der Waals surface area contributed by atoms with Gasteiger partial charge in [0.05, 0.1) is 0 Å². The van der Waals surface area contributed by atoms with Crippen LogP contribution in [0.25, 0.3) is 0 Å². The summed E-state index contributed by atoms with van der Waals surface area (Å²) < 4.78 is 15.2. The van der Waals surface area contributed by atoms with Crippen LogP contribution in [-0.4, -0.2) is 9.77 Å². The summed E-state index contributed by atoms with van der Waals surface area (Å²) in [5.74, 6) is 0. The minimum atomic E-state index is -0.167. The average Bonchev–Trinajstić information content (AvgIpc) is 1.33. The van der Waals surface area contributed by atoms with Crippen LogP contribution in [-0.2, 0) is 0 Å². The molecule has 0 aromatic rings. The lowest BCUT2D eigenvalue weighted by atomic mass is 11.3. The molecule has 0 saturated heterocycles. The number of halogens is 1. The molecule has 4 nitrogen and oxygen atoms in total. The minimum absolute atomic E-state index is 0.000000000000000222. The monoisotopic (exact) mass is 144 g/mol. The van der Waals surface area contributed by atoms with E-state index in [2.05, 4.69) is 23.7 Å². The second-order valence-electron chi connectivity index (χ2n) is 0.471. The molecule has 0 spiro atoms. The Labute approximate surface area is 50.2 Å². The molecule has 0 atom stereocenters. The Morgan fingerprint density at radius 1 is 1.71 bits per heavy atom. The molecular formula is CH5ClN2O2S. The third kappa shape index (κ3) is 8970. The molecule has 0 aromatic carbocycles. The van der Waals surface area contributed by atoms with E-state index in [4.69, 9.17) is 9.32 Å². The summed E-state index contributed by atoms with van der Waals surface area (Å²) in [6, 6.07) is 0. The summed E-state index contributed by atoms with van der Waals surface area (Å²) in [7, 11) is 0. The Bertz CT molecular complexity index is 47.0. The molecule has 0 aliphatic heterocycles. The van der Waals surface area contributed by atoms with Gasteiger partial charge < -0.3 is 16.1 Å². The van der Waals surface area contributed by atoms with Gasteiger partial charge in [0.1, 0.15) is 0 Å². The molecule has 0 unspecified atom stereocenters. The SMILES string of the molecule is NC(N)=S.[O-][Cl+]O. The van der Waals surface area contributed by atoms with E-state index < -0.39 is 0 Å². The third-order valence-electron chi connectivity index (χ3n) is 0. The van der Waals surface area contributed by atoms with Crippen molar-refractivity contribution in [3.8, 4) is 0 Å². The van der Waals surface area contributed by atoms with Crippen molar-refractivity contribution in [3.63, 3.8) is 0 Å². The Hall–Kier alpha value is -0.100. The molecule has 5 N–H and O–H groups in total. The maximum absolute atomic E-state index is 8.35. The van der Waals surface area contributed by atoms with Gasteiger partial charge in [-0.05, 0) is 12.2 Å². The smallest absolute Gasteiger partial charge is 0.327 e. The maximum atomic E-state index is 8.35. The van der Waals surface area contributed by atoms with Gasteiger partial charge >= 0.3 is 11.3 Å². The first-order valence-electron chi connectivity index (χ1n) is 1.10. The van der Waals surface area contributed by atoms with E-state index in [9.17, 15) is 0 Å². The van der Waals surface area contributed by atoms with Gasteiger partial charge in [-0.15, -0.1) is 4.66 Å². The van der Waals surface area contributed by atoms with Crippen molar-refractivity contribution in [2.24, 2.45) is 11.5 Å². The van der Waals surface area contributed by atoms with Crippen molar-refractivity contribution in [2.75, 3.05) is 0 Å². The van der Waals surface area contributed by atoms with Crippen LogP contribution < -0.4 is 16.1 Å². The Balaban J connectivity index is 0. The molecule has 0 aromatic heterocycles. The van der Waals surface area contributed by atoms with Crippen LogP contribution in [0.5, 0.6) is 0 Å². The summed E-state index contributed by atoms with van der Waals surface area (Å²) in [6.07, 6.45) is 0. The van der Waals surface area contributed by atoms with Crippen LogP contribution >= 0.6 is 12.2 Å². The van der Waals surface area contributed by atoms with Gasteiger partial charge in [0, 0.05) is 0 Å². The topological polar surface area (TPSA) is 95.3 Å². The second-order valence-corrected chi connectivity index (χ2v) is 1.08. The minimum Gasteiger partial charge on any atom is -0.506 e. The van der Waals surface area contributed by atoms with Crippen LogP contribution in [0.1, 0.15) is 0 Å². The highest BCUT2D eigenvalue weighted by molar-refractivity contribution is 7.80. The number of rotatable bonds is 0. The fourth-order valence-electron chi connectivity index (χ4n) is 0. The van der Waals surface area contributed by atoms with Gasteiger partial charge in [-0.2, -0.15) is 0 Å². The maximum Gasteiger partial charge on any atom is 0.327 e. The molecule has 0 radical (unpaired) electrons. The average molecular weight is 145 g/mol. The molecule has 0 amide bonds. The zero-order valence-corrected chi connectivity index (χ0v) is 4.87. The first kappa shape index (κ1) is 10.0. The van der Waals surface area contributed by atoms with E-state index in [1.807, 2.05) is 0 Å². The van der Waals surface area contributed by atoms with Gasteiger partial charge in [-0.25, -0.2) is 0 Å². The fraction of sp³-hybridized carbons (Fsp3) is 0. The zero-order chi connectivity index (χ0) is 6.28. The Morgan fingerprint density at radius 2 is 1.71 bits per heavy atom. The fourth-order valence-corrected chi connectivity index (χ4v) is 0. The Morgan fingerprint density at radius 3 is 1.71 bits per heavy atom. The first-order valence-corrected chi connectivity index (χ1v) is 2.16. The molecule has 0 fully saturated rings. The normalized spacial score (nSPS) is 6.00. The highest BCUT2D eigenvalue weighted by Crippen LogP contribution is 1.32. The van der Waals surface area contributed by atoms with E-state index >= 15 is 0 Å². The third-order valence-corrected chi connectivity index (χ3v) is 0. The number of nitrogens with two attached hydrogens (primary N) is 2. The van der Waals surface area contributed by atoms with Crippen molar-refractivity contribution in [1.82, 2.24) is 0 Å². The summed E-state index contributed by atoms with van der Waals surface area (Å²) >= 11 is 3.93. The van der Waals surface area contributed by atoms with E-state index in [1.54, 1.807) is 0 Å². The summed E-state index contributed by atoms with van der Waals surface area (Å²) in [4.78, 5) is 0. The molecule has 0 saturated carbocycles. The molecule has 0 bridgehead atoms. The molecule has 6 heteroatoms. The van der Waals surface area contributed by atoms with E-state index in [0.717, 1.165) is 0 Å². The first-order chi connectivity index (χ1) is 3.15. The highest BCUT2D eigenvalue weighted by Gasteiger charge is 1.53. The quantitative estimate of drug-likeness (QED) is 0.325. The molecule has 0 rings (SSSR count). The van der Waals surface area contributed by atoms with Gasteiger partial charge in [-0.1, -0.05) is 0 Å². The van der Waals surface area contributed by atoms with Crippen LogP contribution in [0.2, 0.25) is 0 Å². The molecule has 7 heavy (non-hydrogen) atoms. The van der Waals surface area contributed by atoms with Crippen LogP contribution in [0.15, 0.2) is 0 Å². The van der Waals surface area contributed by atoms with Crippen LogP contribution in [0, 0.1) is 11.3 Å². The van der Waals surface area contributed by atoms with Gasteiger partial charge in [-0.3, -0.25) is 0 Å². The lowest BCUT2D eigenvalue weighted by Crippen LogP contribution is -2.18. The Kier molecular flexibility index (Phi) is 13.3. The largest absolute Gasteiger partial charge is 0.506 e. The standard InChI is InChI=1S/CH4N2S.ClHO2/c2-1(3)4;2-1-3/h(H4,2,3,4);2H. The number of hydrogen-bond acceptors (Lipinski definition) is 3. The molecule has 0 heterocycles.